The maximum atomic E-state index is 18.2. The van der Waals surface area contributed by atoms with Gasteiger partial charge in [0.25, 0.3) is 0 Å². The topological polar surface area (TPSA) is 198 Å². The van der Waals surface area contributed by atoms with Crippen LogP contribution in [0, 0.1) is 23.7 Å². The fourth-order valence-corrected chi connectivity index (χ4v) is 26.3. The molecule has 15 aromatic rings. The van der Waals surface area contributed by atoms with E-state index >= 15 is 9.59 Å². The smallest absolute Gasteiger partial charge is 0.168 e. The van der Waals surface area contributed by atoms with Crippen molar-refractivity contribution >= 4 is 78.0 Å². The third-order valence-electron chi connectivity index (χ3n) is 31.9. The van der Waals surface area contributed by atoms with E-state index in [1.165, 1.54) is 0 Å². The Bertz CT molecular complexity index is 7310. The summed E-state index contributed by atoms with van der Waals surface area (Å²) in [6.45, 7) is 23.5. The molecule has 25 rings (SSSR count). The molecule has 12 aromatic carbocycles. The number of nitrogens with zero attached hydrogens (tertiary/aromatic N) is 6. The van der Waals surface area contributed by atoms with E-state index in [0.717, 1.165) is 173 Å². The molecule has 16 bridgehead atoms. The number of fused-ring (bicyclic) bond motifs is 44. The van der Waals surface area contributed by atoms with Crippen LogP contribution in [-0.4, -0.2) is 77.9 Å². The van der Waals surface area contributed by atoms with Crippen LogP contribution in [-0.2, 0) is 51.6 Å². The van der Waals surface area contributed by atoms with E-state index in [2.05, 4.69) is 358 Å². The number of H-pyrrole nitrogens is 2. The van der Waals surface area contributed by atoms with Crippen molar-refractivity contribution < 1.29 is 38.0 Å². The van der Waals surface area contributed by atoms with Gasteiger partial charge in [0, 0.05) is 67.5 Å². The number of ether oxygens (including phenoxy) is 6. The number of hydrogen-bond donors (Lipinski definition) is 2. The molecule has 12 unspecified atom stereocenters. The van der Waals surface area contributed by atoms with Crippen LogP contribution in [0.2, 0.25) is 0 Å². The Balaban J connectivity index is 0.799. The Labute approximate surface area is 803 Å². The summed E-state index contributed by atoms with van der Waals surface area (Å²) in [7, 11) is 0. The minimum atomic E-state index is -1.29. The van der Waals surface area contributed by atoms with Crippen LogP contribution in [0.1, 0.15) is 223 Å². The van der Waals surface area contributed by atoms with Crippen LogP contribution in [0.25, 0.3) is 112 Å². The number of benzene rings is 12. The Morgan fingerprint density at radius 1 is 0.290 bits per heavy atom. The molecule has 4 aliphatic carbocycles. The predicted molar refractivity (Wildman–Crippen MR) is 544 cm³/mol. The van der Waals surface area contributed by atoms with E-state index < -0.39 is 69.7 Å². The molecule has 3 aromatic heterocycles. The fourth-order valence-electron chi connectivity index (χ4n) is 26.3. The third kappa shape index (κ3) is 11.9. The number of carbonyl (C=O) groups is 2. The van der Waals surface area contributed by atoms with Gasteiger partial charge in [-0.2, -0.15) is 0 Å². The van der Waals surface area contributed by atoms with E-state index in [0.29, 0.717) is 118 Å². The fraction of sp³-hybridized carbons (Fsp3) is 0.295. The summed E-state index contributed by atoms with van der Waals surface area (Å²) in [5.41, 5.74) is 15.4. The molecule has 0 radical (unpaired) electrons. The average molecular weight is 1820 g/mol. The van der Waals surface area contributed by atoms with Crippen LogP contribution in [0.4, 0.5) is 0 Å². The molecule has 0 amide bonds. The quantitative estimate of drug-likeness (QED) is 0.0542. The summed E-state index contributed by atoms with van der Waals surface area (Å²) in [6.07, 6.45) is 3.25. The van der Waals surface area contributed by atoms with Gasteiger partial charge in [-0.05, 0) is 127 Å². The number of nitrogens with one attached hydrogen (secondary N) is 2. The summed E-state index contributed by atoms with van der Waals surface area (Å²) in [4.78, 5) is 80.2. The second kappa shape index (κ2) is 32.3. The van der Waals surface area contributed by atoms with Crippen molar-refractivity contribution in [3.63, 3.8) is 0 Å². The van der Waals surface area contributed by atoms with Gasteiger partial charge < -0.3 is 38.4 Å². The minimum Gasteiger partial charge on any atom is -0.492 e. The van der Waals surface area contributed by atoms with E-state index in [-0.39, 0.29) is 22.4 Å². The zero-order valence-electron chi connectivity index (χ0n) is 79.6. The van der Waals surface area contributed by atoms with Gasteiger partial charge in [0.1, 0.15) is 45.6 Å². The van der Waals surface area contributed by atoms with Gasteiger partial charge in [0.15, 0.2) is 34.9 Å². The summed E-state index contributed by atoms with van der Waals surface area (Å²) in [5.74, 6) is 1.85. The van der Waals surface area contributed by atoms with Crippen LogP contribution < -0.4 is 18.9 Å². The molecule has 4 fully saturated rings. The number of rotatable bonds is 24. The van der Waals surface area contributed by atoms with Crippen LogP contribution >= 0.6 is 0 Å². The van der Waals surface area contributed by atoms with Gasteiger partial charge in [0.05, 0.1) is 94.8 Å². The first-order valence-electron chi connectivity index (χ1n) is 49.9. The first-order valence-corrected chi connectivity index (χ1v) is 49.9. The van der Waals surface area contributed by atoms with Gasteiger partial charge in [0.2, 0.25) is 0 Å². The maximum Gasteiger partial charge on any atom is 0.168 e. The summed E-state index contributed by atoms with van der Waals surface area (Å²) in [5, 5.41) is 3.13. The summed E-state index contributed by atoms with van der Waals surface area (Å²) in [6, 6.07) is 98.0. The van der Waals surface area contributed by atoms with Gasteiger partial charge >= 0.3 is 0 Å². The second-order valence-electron chi connectivity index (χ2n) is 41.3. The molecule has 10 aliphatic rings. The van der Waals surface area contributed by atoms with Crippen LogP contribution in [0.3, 0.4) is 0 Å². The van der Waals surface area contributed by atoms with Crippen molar-refractivity contribution in [2.75, 3.05) is 26.4 Å². The molecule has 2 N–H and O–H groups in total. The van der Waals surface area contributed by atoms with Crippen molar-refractivity contribution in [3.8, 4) is 68.5 Å². The Kier molecular flexibility index (Phi) is 20.0. The number of allylic oxidation sites excluding steroid dienone is 4. The highest BCUT2D eigenvalue weighted by molar-refractivity contribution is 6.32. The van der Waals surface area contributed by atoms with E-state index in [1.54, 1.807) is 0 Å². The van der Waals surface area contributed by atoms with Crippen LogP contribution in [0.5, 0.6) is 23.0 Å². The molecule has 12 atom stereocenters. The lowest BCUT2D eigenvalue weighted by Gasteiger charge is -2.45. The van der Waals surface area contributed by atoms with Crippen LogP contribution in [0.15, 0.2) is 279 Å². The molecule has 2 saturated carbocycles. The van der Waals surface area contributed by atoms with E-state index in [4.69, 9.17) is 58.3 Å². The molecule has 9 heterocycles. The molecule has 16 nitrogen and oxygen atoms in total. The summed E-state index contributed by atoms with van der Waals surface area (Å²) < 4.78 is 47.5. The number of aromatic nitrogens is 8. The lowest BCUT2D eigenvalue weighted by Crippen LogP contribution is -2.42. The number of unbranched alkanes of at least 4 members (excludes halogenated alkanes) is 4. The second-order valence-corrected chi connectivity index (χ2v) is 41.3. The van der Waals surface area contributed by atoms with E-state index in [9.17, 15) is 0 Å². The van der Waals surface area contributed by atoms with Gasteiger partial charge in [-0.15, -0.1) is 0 Å². The van der Waals surface area contributed by atoms with E-state index in [1.807, 2.05) is 0 Å². The molecule has 138 heavy (non-hydrogen) atoms. The number of aromatic amines is 2. The van der Waals surface area contributed by atoms with Crippen molar-refractivity contribution in [1.29, 1.82) is 0 Å². The molecular weight excluding hydrogens is 1710 g/mol. The molecule has 6 aliphatic heterocycles. The summed E-state index contributed by atoms with van der Waals surface area (Å²) >= 11 is 0. The monoisotopic (exact) mass is 1810 g/mol. The van der Waals surface area contributed by atoms with Crippen molar-refractivity contribution in [2.45, 2.75) is 178 Å². The standard InChI is InChI=1S/C122H110N8O8/c1-11-15-63-133-99-83-85(105-97-95(103(83)137-105)119(73-51-35-23-36-52-73)91(69-43-27-19-28-44-69)93(71-47-31-21-32-48-71)121(97,115(119)131)75-55-39-25-40-56-75)101(135-65-17-13-3)89-87(99)111-125-107-79-61-59-77(117(5,6)7)67-81(79)110(123-107)128-114-90-88(112(130-114)126-108-80-62-60-78(118(8,9)10)68-82(80)109(124-108)127-113(89)129-111)100(134-64-16-12-2)84-86(102(90)136-66-18-14-4)106-98-96(104(84)138-106)120(74-53-37-24-38-54-74)92(70-45-29-20-30-46-70)94(72-49-33-22-34-50-72)122(98,116(120)132)76-57-41-26-42-58-76/h19-62,67-68,95-98,103-106H,11-18,63-66H2,1-10H3,(H2,123,124,125,126,127,128,129,130). The normalized spacial score (nSPS) is 23.5. The maximum absolute atomic E-state index is 18.2. The lowest BCUT2D eigenvalue weighted by molar-refractivity contribution is -0.126. The highest BCUT2D eigenvalue weighted by atomic mass is 16.5. The minimum absolute atomic E-state index is 0.122. The Morgan fingerprint density at radius 3 is 0.739 bits per heavy atom. The third-order valence-corrected chi connectivity index (χ3v) is 31.9. The molecule has 686 valence electrons. The van der Waals surface area contributed by atoms with Crippen molar-refractivity contribution in [2.24, 2.45) is 23.7 Å². The zero-order valence-corrected chi connectivity index (χ0v) is 79.6. The number of hydrogen-bond acceptors (Lipinski definition) is 14. The molecular formula is C122H110N8O8. The highest BCUT2D eigenvalue weighted by Gasteiger charge is 2.85. The average Bonchev–Trinajstić information content (AvgIpc) is 1.45. The lowest BCUT2D eigenvalue weighted by atomic mass is 9.54. The number of Topliss-reactive ketones (excluding diaryl/α,β-unsaturated/α-hetero) is 2. The molecule has 2 saturated heterocycles. The predicted octanol–water partition coefficient (Wildman–Crippen LogP) is 27.1. The van der Waals surface area contributed by atoms with Gasteiger partial charge in [-0.1, -0.05) is 362 Å². The van der Waals surface area contributed by atoms with Gasteiger partial charge in [-0.25, -0.2) is 29.9 Å². The Hall–Kier alpha value is -14.1. The van der Waals surface area contributed by atoms with Gasteiger partial charge in [-0.3, -0.25) is 9.59 Å². The van der Waals surface area contributed by atoms with Crippen molar-refractivity contribution in [3.05, 3.63) is 357 Å². The first-order chi connectivity index (χ1) is 67.4. The molecule has 0 spiro atoms. The van der Waals surface area contributed by atoms with Crippen molar-refractivity contribution in [1.82, 2.24) is 39.9 Å². The first kappa shape index (κ1) is 85.6. The molecule has 16 heteroatoms. The largest absolute Gasteiger partial charge is 0.492 e. The highest BCUT2D eigenvalue weighted by Crippen LogP contribution is 2.86. The number of carbonyl (C=O) groups excluding carboxylic acids is 2. The zero-order chi connectivity index (χ0) is 93.6. The SMILES string of the molecule is CCCCOc1c2c(c(OCCCC)c3c1C1OC3C3C1C1(c4ccccc4)C(=O)C3(c3ccccc3)C(c3ccccc3)=C1c1ccccc1)-c1nc-2nc2[nH]c(nc3nc(nc4[nH]c(n1)c1cc(C(C)(C)C)ccc41)-c1c(OCCCC)c4c(c(OCCCC)c1-3)C1OC4C3C1C1(c4ccccc4)C(=O)C3(c3ccccc3)C(c3ccccc3)=C1c1ccccc1)c1cc(C(C)(C)C)ccc21. The Morgan fingerprint density at radius 2 is 0.514 bits per heavy atom. The number of ketones is 2.